The van der Waals surface area contributed by atoms with Gasteiger partial charge in [0.05, 0.1) is 0 Å². The van der Waals surface area contributed by atoms with Crippen molar-refractivity contribution in [2.75, 3.05) is 5.32 Å². The fourth-order valence-corrected chi connectivity index (χ4v) is 3.43. The molecular formula is C21H26N3O2+. The van der Waals surface area contributed by atoms with Gasteiger partial charge in [0.25, 0.3) is 5.91 Å². The minimum atomic E-state index is -0.589. The van der Waals surface area contributed by atoms with E-state index in [1.165, 1.54) is 11.1 Å². The van der Waals surface area contributed by atoms with Crippen LogP contribution in [-0.4, -0.2) is 23.9 Å². The van der Waals surface area contributed by atoms with E-state index in [2.05, 4.69) is 28.8 Å². The van der Waals surface area contributed by atoms with Crippen LogP contribution in [0, 0.1) is 13.8 Å². The summed E-state index contributed by atoms with van der Waals surface area (Å²) in [6.45, 7) is 6.49. The van der Waals surface area contributed by atoms with Gasteiger partial charge in [0.15, 0.2) is 6.04 Å². The molecule has 3 rings (SSSR count). The number of fused-ring (bicyclic) bond motifs is 1. The first-order chi connectivity index (χ1) is 12.4. The van der Waals surface area contributed by atoms with E-state index in [9.17, 15) is 9.59 Å². The fraction of sp³-hybridized carbons (Fsp3) is 0.333. The van der Waals surface area contributed by atoms with Crippen molar-refractivity contribution in [1.29, 1.82) is 0 Å². The smallest absolute Gasteiger partial charge is 0.279 e. The second-order valence-electron chi connectivity index (χ2n) is 7.12. The largest absolute Gasteiger partial charge is 0.339 e. The molecule has 2 atom stereocenters. The predicted octanol–water partition coefficient (Wildman–Crippen LogP) is 1.43. The third-order valence-electron chi connectivity index (χ3n) is 4.76. The van der Waals surface area contributed by atoms with Crippen LogP contribution in [0.3, 0.4) is 0 Å². The number of nitrogens with one attached hydrogen (secondary N) is 2. The molecule has 4 N–H and O–H groups in total. The van der Waals surface area contributed by atoms with Gasteiger partial charge in [-0.15, -0.1) is 0 Å². The lowest BCUT2D eigenvalue weighted by molar-refractivity contribution is -0.695. The van der Waals surface area contributed by atoms with Gasteiger partial charge in [0, 0.05) is 17.7 Å². The number of rotatable bonds is 4. The van der Waals surface area contributed by atoms with Gasteiger partial charge in [0.2, 0.25) is 5.91 Å². The average Bonchev–Trinajstić information content (AvgIpc) is 2.60. The first-order valence-electron chi connectivity index (χ1n) is 9.02. The summed E-state index contributed by atoms with van der Waals surface area (Å²) in [4.78, 5) is 25.0. The molecule has 0 saturated carbocycles. The second-order valence-corrected chi connectivity index (χ2v) is 7.12. The number of amides is 2. The fourth-order valence-electron chi connectivity index (χ4n) is 3.43. The van der Waals surface area contributed by atoms with Crippen molar-refractivity contribution < 1.29 is 14.9 Å². The van der Waals surface area contributed by atoms with Crippen molar-refractivity contribution >= 4 is 17.5 Å². The average molecular weight is 352 g/mol. The molecule has 0 aliphatic carbocycles. The molecule has 0 radical (unpaired) electrons. The highest BCUT2D eigenvalue weighted by Crippen LogP contribution is 2.15. The minimum absolute atomic E-state index is 0.0948. The van der Waals surface area contributed by atoms with Crippen molar-refractivity contribution in [3.8, 4) is 0 Å². The monoisotopic (exact) mass is 352 g/mol. The molecule has 0 fully saturated rings. The lowest BCUT2D eigenvalue weighted by Crippen LogP contribution is -2.93. The van der Waals surface area contributed by atoms with Gasteiger partial charge in [0.1, 0.15) is 12.6 Å². The lowest BCUT2D eigenvalue weighted by Gasteiger charge is -2.23. The number of hydrogen-bond acceptors (Lipinski definition) is 2. The Kier molecular flexibility index (Phi) is 5.38. The Morgan fingerprint density at radius 3 is 2.42 bits per heavy atom. The summed E-state index contributed by atoms with van der Waals surface area (Å²) >= 11 is 0. The zero-order valence-corrected chi connectivity index (χ0v) is 15.5. The van der Waals surface area contributed by atoms with Crippen LogP contribution in [-0.2, 0) is 22.6 Å². The lowest BCUT2D eigenvalue weighted by atomic mass is 9.95. The first-order valence-corrected chi connectivity index (χ1v) is 9.02. The van der Waals surface area contributed by atoms with Gasteiger partial charge in [-0.3, -0.25) is 9.59 Å². The van der Waals surface area contributed by atoms with Crippen molar-refractivity contribution in [3.63, 3.8) is 0 Å². The third-order valence-corrected chi connectivity index (χ3v) is 4.76. The van der Waals surface area contributed by atoms with Crippen molar-refractivity contribution in [2.24, 2.45) is 0 Å². The number of benzene rings is 2. The van der Waals surface area contributed by atoms with E-state index in [1.54, 1.807) is 6.92 Å². The van der Waals surface area contributed by atoms with E-state index < -0.39 is 6.04 Å². The molecule has 1 aliphatic rings. The number of anilines is 1. The summed E-state index contributed by atoms with van der Waals surface area (Å²) in [6, 6.07) is 13.3. The molecule has 0 aromatic heterocycles. The highest BCUT2D eigenvalue weighted by molar-refractivity contribution is 5.97. The third kappa shape index (κ3) is 4.29. The van der Waals surface area contributed by atoms with Crippen LogP contribution >= 0.6 is 0 Å². The molecule has 1 heterocycles. The molecule has 0 unspecified atom stereocenters. The maximum absolute atomic E-state index is 12.6. The SMILES string of the molecule is Cc1cc(C)cc(NC(=O)[C@H](C)NC(=O)[C@@H]2Cc3ccccc3C[NH2+]2)c1. The Hall–Kier alpha value is -2.66. The second kappa shape index (κ2) is 7.70. The zero-order chi connectivity index (χ0) is 18.7. The van der Waals surface area contributed by atoms with E-state index in [4.69, 9.17) is 0 Å². The molecule has 136 valence electrons. The Balaban J connectivity index is 1.58. The van der Waals surface area contributed by atoms with E-state index in [0.717, 1.165) is 23.4 Å². The van der Waals surface area contributed by atoms with Crippen molar-refractivity contribution in [3.05, 3.63) is 64.7 Å². The molecule has 0 bridgehead atoms. The summed E-state index contributed by atoms with van der Waals surface area (Å²) in [5.74, 6) is -0.304. The van der Waals surface area contributed by atoms with Gasteiger partial charge < -0.3 is 16.0 Å². The summed E-state index contributed by atoms with van der Waals surface area (Å²) < 4.78 is 0. The molecule has 1 aliphatic heterocycles. The van der Waals surface area contributed by atoms with Crippen LogP contribution in [0.5, 0.6) is 0 Å². The van der Waals surface area contributed by atoms with E-state index in [1.807, 2.05) is 43.4 Å². The van der Waals surface area contributed by atoms with Crippen LogP contribution in [0.4, 0.5) is 5.69 Å². The number of nitrogens with two attached hydrogens (primary N) is 1. The molecule has 0 saturated heterocycles. The van der Waals surface area contributed by atoms with Gasteiger partial charge in [-0.25, -0.2) is 0 Å². The molecule has 2 aromatic carbocycles. The van der Waals surface area contributed by atoms with E-state index in [0.29, 0.717) is 6.42 Å². The molecule has 2 amide bonds. The molecule has 5 nitrogen and oxygen atoms in total. The Morgan fingerprint density at radius 2 is 1.73 bits per heavy atom. The van der Waals surface area contributed by atoms with Gasteiger partial charge >= 0.3 is 0 Å². The van der Waals surface area contributed by atoms with E-state index >= 15 is 0 Å². The van der Waals surface area contributed by atoms with Gasteiger partial charge in [-0.05, 0) is 49.6 Å². The zero-order valence-electron chi connectivity index (χ0n) is 15.5. The number of aryl methyl sites for hydroxylation is 2. The van der Waals surface area contributed by atoms with Crippen molar-refractivity contribution in [1.82, 2.24) is 5.32 Å². The van der Waals surface area contributed by atoms with E-state index in [-0.39, 0.29) is 17.9 Å². The predicted molar refractivity (Wildman–Crippen MR) is 102 cm³/mol. The van der Waals surface area contributed by atoms with Crippen LogP contribution in [0.2, 0.25) is 0 Å². The quantitative estimate of drug-likeness (QED) is 0.779. The summed E-state index contributed by atoms with van der Waals surface area (Å²) in [5.41, 5.74) is 5.42. The Labute approximate surface area is 154 Å². The Morgan fingerprint density at radius 1 is 1.08 bits per heavy atom. The standard InChI is InChI=1S/C21H25N3O2/c1-13-8-14(2)10-18(9-13)24-20(25)15(3)23-21(26)19-11-16-6-4-5-7-17(16)12-22-19/h4-10,15,19,22H,11-12H2,1-3H3,(H,23,26)(H,24,25)/p+1/t15-,19-/m0/s1. The highest BCUT2D eigenvalue weighted by atomic mass is 16.2. The summed E-state index contributed by atoms with van der Waals surface area (Å²) in [6.07, 6.45) is 0.688. The van der Waals surface area contributed by atoms with Crippen LogP contribution in [0.25, 0.3) is 0 Å². The molecule has 2 aromatic rings. The van der Waals surface area contributed by atoms with Crippen LogP contribution in [0.1, 0.15) is 29.2 Å². The van der Waals surface area contributed by atoms with Gasteiger partial charge in [-0.2, -0.15) is 0 Å². The van der Waals surface area contributed by atoms with Crippen LogP contribution in [0.15, 0.2) is 42.5 Å². The minimum Gasteiger partial charge on any atom is -0.339 e. The molecule has 5 heteroatoms. The molecule has 26 heavy (non-hydrogen) atoms. The molecular weight excluding hydrogens is 326 g/mol. The highest BCUT2D eigenvalue weighted by Gasteiger charge is 2.29. The molecule has 0 spiro atoms. The number of quaternary nitrogens is 1. The topological polar surface area (TPSA) is 74.8 Å². The van der Waals surface area contributed by atoms with Crippen LogP contribution < -0.4 is 16.0 Å². The maximum atomic E-state index is 12.6. The van der Waals surface area contributed by atoms with Crippen molar-refractivity contribution in [2.45, 2.75) is 45.8 Å². The Bertz CT molecular complexity index is 812. The normalized spacial score (nSPS) is 17.1. The number of hydrogen-bond donors (Lipinski definition) is 3. The summed E-state index contributed by atoms with van der Waals surface area (Å²) in [7, 11) is 0. The number of carbonyl (C=O) groups is 2. The first kappa shape index (κ1) is 18.1. The van der Waals surface area contributed by atoms with Gasteiger partial charge in [-0.1, -0.05) is 30.3 Å². The maximum Gasteiger partial charge on any atom is 0.279 e. The number of carbonyl (C=O) groups excluding carboxylic acids is 2. The summed E-state index contributed by atoms with van der Waals surface area (Å²) in [5, 5.41) is 7.76.